The fourth-order valence-corrected chi connectivity index (χ4v) is 3.26. The van der Waals surface area contributed by atoms with E-state index in [2.05, 4.69) is 30.4 Å². The van der Waals surface area contributed by atoms with E-state index in [4.69, 9.17) is 4.42 Å². The van der Waals surface area contributed by atoms with E-state index in [-0.39, 0.29) is 17.7 Å². The third-order valence-corrected chi connectivity index (χ3v) is 4.35. The van der Waals surface area contributed by atoms with E-state index >= 15 is 0 Å². The summed E-state index contributed by atoms with van der Waals surface area (Å²) in [7, 11) is 0. The summed E-state index contributed by atoms with van der Waals surface area (Å²) in [6, 6.07) is 10.2. The second kappa shape index (κ2) is 4.70. The van der Waals surface area contributed by atoms with Crippen LogP contribution in [0.15, 0.2) is 41.0 Å². The Labute approximate surface area is 127 Å². The minimum absolute atomic E-state index is 0.200. The molecule has 22 heavy (non-hydrogen) atoms. The number of hydrogen-bond acceptors (Lipinski definition) is 3. The standard InChI is InChI=1S/C18H15NO3/c1-10-2-4-12-11(8-10)3-6-15-17(12)14(9-22-15)13-5-7-16(20)19-18(13)21/h2-4,6,8-9,13H,5,7H2,1H3,(H,19,20,21)/t13-/m1/s1. The van der Waals surface area contributed by atoms with Crippen molar-refractivity contribution in [2.45, 2.75) is 25.7 Å². The van der Waals surface area contributed by atoms with E-state index in [1.54, 1.807) is 6.26 Å². The van der Waals surface area contributed by atoms with Gasteiger partial charge in [0.2, 0.25) is 11.8 Å². The summed E-state index contributed by atoms with van der Waals surface area (Å²) < 4.78 is 5.65. The van der Waals surface area contributed by atoms with Gasteiger partial charge in [0.25, 0.3) is 0 Å². The van der Waals surface area contributed by atoms with Gasteiger partial charge in [-0.15, -0.1) is 0 Å². The predicted octanol–water partition coefficient (Wildman–Crippen LogP) is 3.41. The zero-order valence-electron chi connectivity index (χ0n) is 12.2. The number of furan rings is 1. The summed E-state index contributed by atoms with van der Waals surface area (Å²) in [6.45, 7) is 2.06. The van der Waals surface area contributed by atoms with Crippen LogP contribution in [0.3, 0.4) is 0 Å². The van der Waals surface area contributed by atoms with Crippen LogP contribution in [0.4, 0.5) is 0 Å². The SMILES string of the molecule is Cc1ccc2c(ccc3occ([C@H]4CCC(=O)NC4=O)c32)c1. The van der Waals surface area contributed by atoms with Crippen molar-refractivity contribution in [2.75, 3.05) is 0 Å². The van der Waals surface area contributed by atoms with Crippen molar-refractivity contribution in [3.05, 3.63) is 47.7 Å². The monoisotopic (exact) mass is 293 g/mol. The molecular formula is C18H15NO3. The maximum absolute atomic E-state index is 12.2. The first-order chi connectivity index (χ1) is 10.6. The fraction of sp³-hybridized carbons (Fsp3) is 0.222. The highest BCUT2D eigenvalue weighted by Gasteiger charge is 2.30. The Morgan fingerprint density at radius 2 is 2.05 bits per heavy atom. The number of hydrogen-bond donors (Lipinski definition) is 1. The second-order valence-corrected chi connectivity index (χ2v) is 5.86. The molecule has 0 radical (unpaired) electrons. The van der Waals surface area contributed by atoms with Gasteiger partial charge in [-0.05, 0) is 30.2 Å². The Morgan fingerprint density at radius 1 is 1.18 bits per heavy atom. The highest BCUT2D eigenvalue weighted by Crippen LogP contribution is 2.36. The molecule has 4 rings (SSSR count). The van der Waals surface area contributed by atoms with Crippen molar-refractivity contribution in [1.29, 1.82) is 0 Å². The molecule has 1 saturated heterocycles. The van der Waals surface area contributed by atoms with Crippen LogP contribution in [0, 0.1) is 6.92 Å². The summed E-state index contributed by atoms with van der Waals surface area (Å²) in [5, 5.41) is 5.61. The summed E-state index contributed by atoms with van der Waals surface area (Å²) in [4.78, 5) is 23.5. The predicted molar refractivity (Wildman–Crippen MR) is 83.6 cm³/mol. The average molecular weight is 293 g/mol. The van der Waals surface area contributed by atoms with E-state index in [1.165, 1.54) is 5.56 Å². The van der Waals surface area contributed by atoms with Gasteiger partial charge in [0.05, 0.1) is 12.2 Å². The Bertz CT molecular complexity index is 923. The van der Waals surface area contributed by atoms with Crippen molar-refractivity contribution in [1.82, 2.24) is 5.32 Å². The van der Waals surface area contributed by atoms with Gasteiger partial charge in [-0.25, -0.2) is 0 Å². The molecule has 1 aliphatic rings. The Morgan fingerprint density at radius 3 is 2.86 bits per heavy atom. The van der Waals surface area contributed by atoms with Gasteiger partial charge < -0.3 is 4.42 Å². The molecule has 1 fully saturated rings. The quantitative estimate of drug-likeness (QED) is 0.699. The van der Waals surface area contributed by atoms with Crippen molar-refractivity contribution >= 4 is 33.6 Å². The molecule has 110 valence electrons. The molecule has 0 spiro atoms. The number of carbonyl (C=O) groups excluding carboxylic acids is 2. The number of rotatable bonds is 1. The number of carbonyl (C=O) groups is 2. The van der Waals surface area contributed by atoms with E-state index in [0.29, 0.717) is 12.8 Å². The van der Waals surface area contributed by atoms with Crippen LogP contribution in [0.5, 0.6) is 0 Å². The Kier molecular flexibility index (Phi) is 2.79. The molecule has 2 amide bonds. The van der Waals surface area contributed by atoms with Crippen LogP contribution in [-0.2, 0) is 9.59 Å². The fourth-order valence-electron chi connectivity index (χ4n) is 3.26. The number of aryl methyl sites for hydroxylation is 1. The van der Waals surface area contributed by atoms with Crippen molar-refractivity contribution < 1.29 is 14.0 Å². The van der Waals surface area contributed by atoms with E-state index in [9.17, 15) is 9.59 Å². The van der Waals surface area contributed by atoms with Crippen molar-refractivity contribution in [3.8, 4) is 0 Å². The minimum atomic E-state index is -0.328. The lowest BCUT2D eigenvalue weighted by Gasteiger charge is -2.20. The number of piperidine rings is 1. The van der Waals surface area contributed by atoms with Gasteiger partial charge in [0.15, 0.2) is 0 Å². The summed E-state index contributed by atoms with van der Waals surface area (Å²) in [5.74, 6) is -0.761. The van der Waals surface area contributed by atoms with Crippen molar-refractivity contribution in [2.24, 2.45) is 0 Å². The van der Waals surface area contributed by atoms with Gasteiger partial charge in [-0.2, -0.15) is 0 Å². The van der Waals surface area contributed by atoms with Crippen LogP contribution in [-0.4, -0.2) is 11.8 Å². The number of nitrogens with one attached hydrogen (secondary N) is 1. The lowest BCUT2D eigenvalue weighted by Crippen LogP contribution is -2.39. The van der Waals surface area contributed by atoms with Crippen LogP contribution in [0.2, 0.25) is 0 Å². The number of benzene rings is 2. The van der Waals surface area contributed by atoms with Gasteiger partial charge in [-0.3, -0.25) is 14.9 Å². The largest absolute Gasteiger partial charge is 0.464 e. The topological polar surface area (TPSA) is 59.3 Å². The van der Waals surface area contributed by atoms with Crippen LogP contribution in [0.25, 0.3) is 21.7 Å². The normalized spacial score (nSPS) is 18.9. The first-order valence-corrected chi connectivity index (χ1v) is 7.37. The zero-order valence-corrected chi connectivity index (χ0v) is 12.2. The van der Waals surface area contributed by atoms with Crippen LogP contribution in [0.1, 0.15) is 29.9 Å². The molecule has 1 aliphatic heterocycles. The molecule has 1 aromatic heterocycles. The number of amides is 2. The van der Waals surface area contributed by atoms with Crippen LogP contribution < -0.4 is 5.32 Å². The smallest absolute Gasteiger partial charge is 0.234 e. The molecule has 3 aromatic rings. The highest BCUT2D eigenvalue weighted by molar-refractivity contribution is 6.10. The third-order valence-electron chi connectivity index (χ3n) is 4.35. The Balaban J connectivity index is 1.95. The molecular weight excluding hydrogens is 278 g/mol. The van der Waals surface area contributed by atoms with Gasteiger partial charge in [0, 0.05) is 17.4 Å². The molecule has 2 aromatic carbocycles. The highest BCUT2D eigenvalue weighted by atomic mass is 16.3. The van der Waals surface area contributed by atoms with Crippen molar-refractivity contribution in [3.63, 3.8) is 0 Å². The first-order valence-electron chi connectivity index (χ1n) is 7.37. The summed E-state index contributed by atoms with van der Waals surface area (Å²) in [6.07, 6.45) is 2.55. The molecule has 0 aliphatic carbocycles. The van der Waals surface area contributed by atoms with Gasteiger partial charge in [0.1, 0.15) is 5.58 Å². The average Bonchev–Trinajstić information content (AvgIpc) is 2.91. The van der Waals surface area contributed by atoms with E-state index in [0.717, 1.165) is 27.3 Å². The minimum Gasteiger partial charge on any atom is -0.464 e. The summed E-state index contributed by atoms with van der Waals surface area (Å²) >= 11 is 0. The zero-order chi connectivity index (χ0) is 15.3. The number of fused-ring (bicyclic) bond motifs is 3. The molecule has 0 unspecified atom stereocenters. The third kappa shape index (κ3) is 1.91. The lowest BCUT2D eigenvalue weighted by molar-refractivity contribution is -0.134. The maximum atomic E-state index is 12.2. The second-order valence-electron chi connectivity index (χ2n) is 5.86. The molecule has 1 N–H and O–H groups in total. The van der Waals surface area contributed by atoms with Gasteiger partial charge >= 0.3 is 0 Å². The number of imide groups is 1. The molecule has 1 atom stereocenters. The molecule has 0 bridgehead atoms. The van der Waals surface area contributed by atoms with Gasteiger partial charge in [-0.1, -0.05) is 29.8 Å². The molecule has 4 heteroatoms. The first kappa shape index (κ1) is 13.1. The Hall–Kier alpha value is -2.62. The van der Waals surface area contributed by atoms with E-state index < -0.39 is 0 Å². The van der Waals surface area contributed by atoms with E-state index in [1.807, 2.05) is 12.1 Å². The van der Waals surface area contributed by atoms with Crippen LogP contribution >= 0.6 is 0 Å². The lowest BCUT2D eigenvalue weighted by atomic mass is 9.88. The summed E-state index contributed by atoms with van der Waals surface area (Å²) in [5.41, 5.74) is 2.84. The molecule has 2 heterocycles. The molecule has 0 saturated carbocycles. The maximum Gasteiger partial charge on any atom is 0.234 e. The molecule has 4 nitrogen and oxygen atoms in total.